The first-order chi connectivity index (χ1) is 9.62. The molecule has 0 radical (unpaired) electrons. The zero-order chi connectivity index (χ0) is 15.6. The van der Waals surface area contributed by atoms with E-state index in [0.29, 0.717) is 10.3 Å². The standard InChI is InChI=1S/2C5H4ClN.C2H5Cl.C2H6O/c2*6-5-3-1-2-4-7-5;2*1-2-3/h2*1-4H;2H2,1H3;3H,2H2,1H3. The van der Waals surface area contributed by atoms with Crippen molar-refractivity contribution in [3.05, 3.63) is 59.1 Å². The number of nitrogens with zero attached hydrogens (tertiary/aromatic N) is 2. The summed E-state index contributed by atoms with van der Waals surface area (Å²) in [6.07, 6.45) is 3.31. The summed E-state index contributed by atoms with van der Waals surface area (Å²) >= 11 is 15.9. The third kappa shape index (κ3) is 19.5. The van der Waals surface area contributed by atoms with Crippen molar-refractivity contribution in [3.8, 4) is 0 Å². The van der Waals surface area contributed by atoms with Crippen LogP contribution < -0.4 is 0 Å². The zero-order valence-corrected chi connectivity index (χ0v) is 13.8. The molecule has 0 saturated carbocycles. The summed E-state index contributed by atoms with van der Waals surface area (Å²) in [6, 6.07) is 10.8. The minimum Gasteiger partial charge on any atom is -0.397 e. The van der Waals surface area contributed by atoms with Crippen LogP contribution in [-0.4, -0.2) is 27.6 Å². The fourth-order valence-electron chi connectivity index (χ4n) is 0.684. The van der Waals surface area contributed by atoms with Gasteiger partial charge in [0.15, 0.2) is 0 Å². The van der Waals surface area contributed by atoms with E-state index < -0.39 is 0 Å². The average molecular weight is 338 g/mol. The van der Waals surface area contributed by atoms with Crippen LogP contribution in [-0.2, 0) is 0 Å². The summed E-state index contributed by atoms with van der Waals surface area (Å²) in [5.74, 6) is 0.722. The molecule has 1 N–H and O–H groups in total. The van der Waals surface area contributed by atoms with Gasteiger partial charge in [0, 0.05) is 24.9 Å². The van der Waals surface area contributed by atoms with Crippen LogP contribution in [0.3, 0.4) is 0 Å². The van der Waals surface area contributed by atoms with Gasteiger partial charge in [-0.15, -0.1) is 11.6 Å². The normalized spacial score (nSPS) is 7.90. The lowest BCUT2D eigenvalue weighted by Gasteiger charge is -1.79. The van der Waals surface area contributed by atoms with Crippen LogP contribution in [0.4, 0.5) is 0 Å². The van der Waals surface area contributed by atoms with Gasteiger partial charge in [-0.25, -0.2) is 9.97 Å². The molecule has 0 atom stereocenters. The van der Waals surface area contributed by atoms with Crippen LogP contribution in [0.25, 0.3) is 0 Å². The van der Waals surface area contributed by atoms with E-state index in [4.69, 9.17) is 39.9 Å². The lowest BCUT2D eigenvalue weighted by molar-refractivity contribution is 0.318. The molecule has 6 heteroatoms. The second-order valence-corrected chi connectivity index (χ2v) is 4.20. The van der Waals surface area contributed by atoms with E-state index in [0.717, 1.165) is 5.88 Å². The molecule has 0 aliphatic rings. The zero-order valence-electron chi connectivity index (χ0n) is 11.5. The fourth-order valence-corrected chi connectivity index (χ4v) is 0.942. The maximum atomic E-state index is 7.57. The Hall–Kier alpha value is -0.870. The van der Waals surface area contributed by atoms with Crippen molar-refractivity contribution < 1.29 is 5.11 Å². The highest BCUT2D eigenvalue weighted by Crippen LogP contribution is 1.98. The first kappa shape index (κ1) is 21.4. The molecule has 2 heterocycles. The molecule has 0 amide bonds. The van der Waals surface area contributed by atoms with Gasteiger partial charge in [-0.05, 0) is 31.2 Å². The van der Waals surface area contributed by atoms with Gasteiger partial charge in [0.2, 0.25) is 0 Å². The molecule has 2 rings (SSSR count). The van der Waals surface area contributed by atoms with E-state index in [9.17, 15) is 0 Å². The Labute approximate surface area is 135 Å². The van der Waals surface area contributed by atoms with Crippen molar-refractivity contribution >= 4 is 34.8 Å². The van der Waals surface area contributed by atoms with Crippen LogP contribution in [0.1, 0.15) is 13.8 Å². The molecule has 0 saturated heterocycles. The Morgan fingerprint density at radius 3 is 1.30 bits per heavy atom. The SMILES string of the molecule is CCCl.CCO.Clc1ccccn1.Clc1ccccn1. The van der Waals surface area contributed by atoms with Crippen molar-refractivity contribution in [2.24, 2.45) is 0 Å². The van der Waals surface area contributed by atoms with Crippen LogP contribution >= 0.6 is 34.8 Å². The third-order valence-corrected chi connectivity index (χ3v) is 1.70. The molecule has 0 aromatic carbocycles. The molecule has 20 heavy (non-hydrogen) atoms. The van der Waals surface area contributed by atoms with Crippen molar-refractivity contribution in [1.29, 1.82) is 0 Å². The van der Waals surface area contributed by atoms with Gasteiger partial charge in [0.1, 0.15) is 10.3 Å². The summed E-state index contributed by atoms with van der Waals surface area (Å²) in [5.41, 5.74) is 0. The van der Waals surface area contributed by atoms with E-state index >= 15 is 0 Å². The first-order valence-electron chi connectivity index (χ1n) is 5.92. The summed E-state index contributed by atoms with van der Waals surface area (Å²) in [4.78, 5) is 7.49. The van der Waals surface area contributed by atoms with Gasteiger partial charge in [-0.3, -0.25) is 0 Å². The van der Waals surface area contributed by atoms with Crippen molar-refractivity contribution in [3.63, 3.8) is 0 Å². The molecule has 2 aromatic heterocycles. The predicted molar refractivity (Wildman–Crippen MR) is 87.6 cm³/mol. The van der Waals surface area contributed by atoms with Gasteiger partial charge >= 0.3 is 0 Å². The summed E-state index contributed by atoms with van der Waals surface area (Å²) in [5, 5.41) is 8.66. The minimum absolute atomic E-state index is 0.250. The van der Waals surface area contributed by atoms with Gasteiger partial charge in [0.05, 0.1) is 0 Å². The molecule has 112 valence electrons. The fraction of sp³-hybridized carbons (Fsp3) is 0.286. The van der Waals surface area contributed by atoms with Crippen LogP contribution in [0.5, 0.6) is 0 Å². The molecule has 2 aromatic rings. The molecular formula is C14H19Cl3N2O. The number of hydrogen-bond acceptors (Lipinski definition) is 3. The average Bonchev–Trinajstić information content (AvgIpc) is 2.43. The van der Waals surface area contributed by atoms with E-state index in [1.165, 1.54) is 0 Å². The molecule has 0 fully saturated rings. The summed E-state index contributed by atoms with van der Waals surface area (Å²) < 4.78 is 0. The second-order valence-electron chi connectivity index (χ2n) is 2.89. The smallest absolute Gasteiger partial charge is 0.129 e. The number of pyridine rings is 2. The van der Waals surface area contributed by atoms with Crippen molar-refractivity contribution in [2.75, 3.05) is 12.5 Å². The topological polar surface area (TPSA) is 46.0 Å². The highest BCUT2D eigenvalue weighted by molar-refractivity contribution is 6.29. The Balaban J connectivity index is 0. The largest absolute Gasteiger partial charge is 0.397 e. The maximum Gasteiger partial charge on any atom is 0.129 e. The summed E-state index contributed by atoms with van der Waals surface area (Å²) in [6.45, 7) is 3.82. The molecular weight excluding hydrogens is 319 g/mol. The van der Waals surface area contributed by atoms with E-state index in [2.05, 4.69) is 9.97 Å². The Morgan fingerprint density at radius 1 is 0.900 bits per heavy atom. The number of alkyl halides is 1. The monoisotopic (exact) mass is 336 g/mol. The third-order valence-electron chi connectivity index (χ3n) is 1.26. The predicted octanol–water partition coefficient (Wildman–Crippen LogP) is 4.71. The molecule has 0 unspecified atom stereocenters. The van der Waals surface area contributed by atoms with E-state index in [-0.39, 0.29) is 6.61 Å². The van der Waals surface area contributed by atoms with Gasteiger partial charge in [0.25, 0.3) is 0 Å². The van der Waals surface area contributed by atoms with Crippen molar-refractivity contribution in [1.82, 2.24) is 9.97 Å². The summed E-state index contributed by atoms with van der Waals surface area (Å²) in [7, 11) is 0. The highest BCUT2D eigenvalue weighted by Gasteiger charge is 1.77. The quantitative estimate of drug-likeness (QED) is 0.559. The van der Waals surface area contributed by atoms with Crippen molar-refractivity contribution in [2.45, 2.75) is 13.8 Å². The van der Waals surface area contributed by atoms with Crippen LogP contribution in [0.2, 0.25) is 10.3 Å². The lowest BCUT2D eigenvalue weighted by Crippen LogP contribution is -1.65. The van der Waals surface area contributed by atoms with E-state index in [1.807, 2.05) is 31.2 Å². The maximum absolute atomic E-state index is 7.57. The second kappa shape index (κ2) is 18.1. The highest BCUT2D eigenvalue weighted by atomic mass is 35.5. The van der Waals surface area contributed by atoms with Gasteiger partial charge in [-0.1, -0.05) is 42.3 Å². The first-order valence-corrected chi connectivity index (χ1v) is 7.21. The van der Waals surface area contributed by atoms with Crippen LogP contribution in [0, 0.1) is 0 Å². The molecule has 0 bridgehead atoms. The molecule has 0 aliphatic carbocycles. The number of aromatic nitrogens is 2. The molecule has 0 aliphatic heterocycles. The number of halogens is 3. The minimum atomic E-state index is 0.250. The van der Waals surface area contributed by atoms with Crippen LogP contribution in [0.15, 0.2) is 48.8 Å². The number of rotatable bonds is 0. The Bertz CT molecular complexity index is 349. The van der Waals surface area contributed by atoms with E-state index in [1.54, 1.807) is 31.5 Å². The Kier molecular flexibility index (Phi) is 19.4. The Morgan fingerprint density at radius 2 is 1.20 bits per heavy atom. The number of aliphatic hydroxyl groups excluding tert-OH is 1. The number of aliphatic hydroxyl groups is 1. The number of hydrogen-bond donors (Lipinski definition) is 1. The molecule has 3 nitrogen and oxygen atoms in total. The molecule has 0 spiro atoms. The van der Waals surface area contributed by atoms with Gasteiger partial charge in [-0.2, -0.15) is 0 Å². The van der Waals surface area contributed by atoms with Gasteiger partial charge < -0.3 is 5.11 Å². The lowest BCUT2D eigenvalue weighted by atomic mass is 10.5.